The third-order valence-corrected chi connectivity index (χ3v) is 3.08. The van der Waals surface area contributed by atoms with Crippen molar-refractivity contribution in [2.75, 3.05) is 7.05 Å². The van der Waals surface area contributed by atoms with Crippen LogP contribution in [0.3, 0.4) is 0 Å². The molecule has 2 rings (SSSR count). The predicted octanol–water partition coefficient (Wildman–Crippen LogP) is 3.18. The molecule has 0 unspecified atom stereocenters. The van der Waals surface area contributed by atoms with E-state index < -0.39 is 6.36 Å². The van der Waals surface area contributed by atoms with Gasteiger partial charge in [0.25, 0.3) is 0 Å². The minimum atomic E-state index is -4.72. The Labute approximate surface area is 131 Å². The summed E-state index contributed by atoms with van der Waals surface area (Å²) in [6.07, 6.45) is -1.30. The number of carbonyl (C=O) groups excluding carboxylic acids is 1. The van der Waals surface area contributed by atoms with Gasteiger partial charge in [-0.25, -0.2) is 0 Å². The van der Waals surface area contributed by atoms with Crippen molar-refractivity contribution < 1.29 is 22.7 Å². The maximum absolute atomic E-state index is 12.1. The number of amides is 1. The van der Waals surface area contributed by atoms with Crippen molar-refractivity contribution in [3.8, 4) is 5.75 Å². The second kappa shape index (κ2) is 7.13. The average molecular weight is 324 g/mol. The molecule has 1 amide bonds. The maximum atomic E-state index is 12.1. The van der Waals surface area contributed by atoms with Crippen molar-refractivity contribution in [3.05, 3.63) is 59.9 Å². The Morgan fingerprint density at radius 2 is 1.87 bits per heavy atom. The summed E-state index contributed by atoms with van der Waals surface area (Å²) < 4.78 is 40.0. The number of alkyl halides is 3. The minimum Gasteiger partial charge on any atom is -0.406 e. The van der Waals surface area contributed by atoms with Crippen LogP contribution in [0.2, 0.25) is 0 Å². The Morgan fingerprint density at radius 3 is 2.43 bits per heavy atom. The summed E-state index contributed by atoms with van der Waals surface area (Å²) >= 11 is 0. The quantitative estimate of drug-likeness (QED) is 0.848. The van der Waals surface area contributed by atoms with Crippen molar-refractivity contribution in [1.29, 1.82) is 0 Å². The predicted molar refractivity (Wildman–Crippen MR) is 77.5 cm³/mol. The van der Waals surface area contributed by atoms with Gasteiger partial charge in [-0.2, -0.15) is 0 Å². The van der Waals surface area contributed by atoms with E-state index in [1.54, 1.807) is 25.5 Å². The summed E-state index contributed by atoms with van der Waals surface area (Å²) in [5.74, 6) is -0.448. The SMILES string of the molecule is CN(Cc1cccnc1)C(=O)Cc1ccc(OC(F)(F)F)cc1. The summed E-state index contributed by atoms with van der Waals surface area (Å²) in [6.45, 7) is 0.419. The van der Waals surface area contributed by atoms with Crippen LogP contribution in [0.15, 0.2) is 48.8 Å². The van der Waals surface area contributed by atoms with Crippen LogP contribution in [0.5, 0.6) is 5.75 Å². The highest BCUT2D eigenvalue weighted by Crippen LogP contribution is 2.22. The maximum Gasteiger partial charge on any atom is 0.573 e. The fourth-order valence-corrected chi connectivity index (χ4v) is 1.97. The molecule has 0 bridgehead atoms. The molecule has 0 N–H and O–H groups in total. The number of halogens is 3. The Balaban J connectivity index is 1.92. The summed E-state index contributed by atoms with van der Waals surface area (Å²) in [5, 5.41) is 0. The lowest BCUT2D eigenvalue weighted by Gasteiger charge is -2.17. The fourth-order valence-electron chi connectivity index (χ4n) is 1.97. The molecule has 0 radical (unpaired) electrons. The minimum absolute atomic E-state index is 0.100. The van der Waals surface area contributed by atoms with Crippen LogP contribution >= 0.6 is 0 Å². The van der Waals surface area contributed by atoms with E-state index in [0.29, 0.717) is 12.1 Å². The van der Waals surface area contributed by atoms with Crippen molar-refractivity contribution in [3.63, 3.8) is 0 Å². The van der Waals surface area contributed by atoms with E-state index in [1.165, 1.54) is 29.2 Å². The first-order chi connectivity index (χ1) is 10.8. The van der Waals surface area contributed by atoms with Crippen LogP contribution in [0.25, 0.3) is 0 Å². The molecule has 1 aromatic carbocycles. The normalized spacial score (nSPS) is 11.1. The van der Waals surface area contributed by atoms with Gasteiger partial charge in [-0.1, -0.05) is 18.2 Å². The van der Waals surface area contributed by atoms with Crippen LogP contribution in [-0.2, 0) is 17.8 Å². The second-order valence-electron chi connectivity index (χ2n) is 4.98. The number of ether oxygens (including phenoxy) is 1. The van der Waals surface area contributed by atoms with Crippen LogP contribution in [0, 0.1) is 0 Å². The number of rotatable bonds is 5. The molecular formula is C16H15F3N2O2. The van der Waals surface area contributed by atoms with E-state index in [-0.39, 0.29) is 18.1 Å². The first-order valence-corrected chi connectivity index (χ1v) is 6.81. The third kappa shape index (κ3) is 5.61. The van der Waals surface area contributed by atoms with Crippen LogP contribution in [0.4, 0.5) is 13.2 Å². The van der Waals surface area contributed by atoms with Crippen LogP contribution in [0.1, 0.15) is 11.1 Å². The molecule has 0 spiro atoms. The topological polar surface area (TPSA) is 42.4 Å². The Hall–Kier alpha value is -2.57. The van der Waals surface area contributed by atoms with Crippen molar-refractivity contribution in [2.24, 2.45) is 0 Å². The van der Waals surface area contributed by atoms with E-state index in [4.69, 9.17) is 0 Å². The number of benzene rings is 1. The first-order valence-electron chi connectivity index (χ1n) is 6.81. The number of carbonyl (C=O) groups is 1. The lowest BCUT2D eigenvalue weighted by molar-refractivity contribution is -0.274. The van der Waals surface area contributed by atoms with E-state index in [2.05, 4.69) is 9.72 Å². The molecule has 4 nitrogen and oxygen atoms in total. The molecule has 1 aromatic heterocycles. The second-order valence-corrected chi connectivity index (χ2v) is 4.98. The Morgan fingerprint density at radius 1 is 1.17 bits per heavy atom. The monoisotopic (exact) mass is 324 g/mol. The van der Waals surface area contributed by atoms with Gasteiger partial charge in [-0.3, -0.25) is 9.78 Å². The molecule has 0 atom stereocenters. The highest BCUT2D eigenvalue weighted by atomic mass is 19.4. The van der Waals surface area contributed by atoms with E-state index >= 15 is 0 Å². The molecule has 23 heavy (non-hydrogen) atoms. The molecule has 0 fully saturated rings. The van der Waals surface area contributed by atoms with Gasteiger partial charge in [0.05, 0.1) is 6.42 Å². The van der Waals surface area contributed by atoms with Gasteiger partial charge in [0, 0.05) is 26.0 Å². The Bertz CT molecular complexity index is 643. The fraction of sp³-hybridized carbons (Fsp3) is 0.250. The number of aromatic nitrogens is 1. The van der Waals surface area contributed by atoms with Gasteiger partial charge in [0.15, 0.2) is 0 Å². The van der Waals surface area contributed by atoms with Gasteiger partial charge in [0.2, 0.25) is 5.91 Å². The third-order valence-electron chi connectivity index (χ3n) is 3.08. The molecule has 2 aromatic rings. The summed E-state index contributed by atoms with van der Waals surface area (Å²) in [6, 6.07) is 8.91. The zero-order valence-electron chi connectivity index (χ0n) is 12.4. The van der Waals surface area contributed by atoms with Gasteiger partial charge in [0.1, 0.15) is 5.75 Å². The lowest BCUT2D eigenvalue weighted by atomic mass is 10.1. The number of likely N-dealkylation sites (N-methyl/N-ethyl adjacent to an activating group) is 1. The van der Waals surface area contributed by atoms with Crippen LogP contribution < -0.4 is 4.74 Å². The molecule has 122 valence electrons. The molecule has 0 saturated carbocycles. The molecule has 7 heteroatoms. The molecule has 0 aliphatic rings. The number of hydrogen-bond donors (Lipinski definition) is 0. The standard InChI is InChI=1S/C16H15F3N2O2/c1-21(11-13-3-2-8-20-10-13)15(22)9-12-4-6-14(7-5-12)23-16(17,18)19/h2-8,10H,9,11H2,1H3. The summed E-state index contributed by atoms with van der Waals surface area (Å²) in [4.78, 5) is 17.6. The van der Waals surface area contributed by atoms with E-state index in [0.717, 1.165) is 5.56 Å². The van der Waals surface area contributed by atoms with Crippen LogP contribution in [-0.4, -0.2) is 29.2 Å². The first kappa shape index (κ1) is 16.8. The van der Waals surface area contributed by atoms with Gasteiger partial charge < -0.3 is 9.64 Å². The lowest BCUT2D eigenvalue weighted by Crippen LogP contribution is -2.27. The zero-order valence-corrected chi connectivity index (χ0v) is 12.4. The number of hydrogen-bond acceptors (Lipinski definition) is 3. The van der Waals surface area contributed by atoms with Gasteiger partial charge in [-0.05, 0) is 29.3 Å². The summed E-state index contributed by atoms with van der Waals surface area (Å²) in [7, 11) is 1.66. The summed E-state index contributed by atoms with van der Waals surface area (Å²) in [5.41, 5.74) is 1.51. The highest BCUT2D eigenvalue weighted by molar-refractivity contribution is 5.78. The van der Waals surface area contributed by atoms with Crippen molar-refractivity contribution >= 4 is 5.91 Å². The Kier molecular flexibility index (Phi) is 5.20. The molecule has 0 aliphatic heterocycles. The smallest absolute Gasteiger partial charge is 0.406 e. The van der Waals surface area contributed by atoms with Crippen molar-refractivity contribution in [2.45, 2.75) is 19.3 Å². The van der Waals surface area contributed by atoms with E-state index in [9.17, 15) is 18.0 Å². The van der Waals surface area contributed by atoms with Gasteiger partial charge >= 0.3 is 6.36 Å². The average Bonchev–Trinajstić information content (AvgIpc) is 2.48. The number of pyridine rings is 1. The molecular weight excluding hydrogens is 309 g/mol. The van der Waals surface area contributed by atoms with Gasteiger partial charge in [-0.15, -0.1) is 13.2 Å². The molecule has 1 heterocycles. The highest BCUT2D eigenvalue weighted by Gasteiger charge is 2.30. The molecule has 0 saturated heterocycles. The molecule has 0 aliphatic carbocycles. The zero-order chi connectivity index (χ0) is 16.9. The van der Waals surface area contributed by atoms with Crippen molar-refractivity contribution in [1.82, 2.24) is 9.88 Å². The van der Waals surface area contributed by atoms with E-state index in [1.807, 2.05) is 6.07 Å². The largest absolute Gasteiger partial charge is 0.573 e. The number of nitrogens with zero attached hydrogens (tertiary/aromatic N) is 2.